The van der Waals surface area contributed by atoms with E-state index < -0.39 is 11.0 Å². The quantitative estimate of drug-likeness (QED) is 0.605. The second kappa shape index (κ2) is 8.96. The summed E-state index contributed by atoms with van der Waals surface area (Å²) in [5.74, 6) is 0.498. The van der Waals surface area contributed by atoms with Gasteiger partial charge in [0.2, 0.25) is 0 Å². The van der Waals surface area contributed by atoms with Crippen molar-refractivity contribution in [2.75, 3.05) is 21.1 Å². The molecule has 7 nitrogen and oxygen atoms in total. The number of nitrogens with zero attached hydrogens (tertiary/aromatic N) is 2. The lowest BCUT2D eigenvalue weighted by molar-refractivity contribution is -0.384. The molecule has 1 N–H and O–H groups in total. The number of nitro groups is 1. The fourth-order valence-electron chi connectivity index (χ4n) is 2.53. The van der Waals surface area contributed by atoms with Gasteiger partial charge in [0.1, 0.15) is 5.75 Å². The van der Waals surface area contributed by atoms with Gasteiger partial charge in [0.25, 0.3) is 5.69 Å². The topological polar surface area (TPSA) is 84.7 Å². The van der Waals surface area contributed by atoms with Gasteiger partial charge in [-0.25, -0.2) is 4.79 Å². The molecule has 0 radical (unpaired) electrons. The van der Waals surface area contributed by atoms with Crippen LogP contribution in [0.1, 0.15) is 23.6 Å². The van der Waals surface area contributed by atoms with Crippen LogP contribution in [0.25, 0.3) is 0 Å². The van der Waals surface area contributed by atoms with Gasteiger partial charge in [-0.2, -0.15) is 0 Å². The first-order valence-corrected chi connectivity index (χ1v) is 8.30. The number of rotatable bonds is 7. The summed E-state index contributed by atoms with van der Waals surface area (Å²) >= 11 is 0. The zero-order chi connectivity index (χ0) is 19.1. The van der Waals surface area contributed by atoms with E-state index in [9.17, 15) is 14.9 Å². The van der Waals surface area contributed by atoms with E-state index in [4.69, 9.17) is 4.74 Å². The van der Waals surface area contributed by atoms with E-state index in [1.54, 1.807) is 38.4 Å². The predicted molar refractivity (Wildman–Crippen MR) is 99.4 cm³/mol. The van der Waals surface area contributed by atoms with Crippen molar-refractivity contribution >= 4 is 11.8 Å². The molecule has 1 amide bonds. The highest BCUT2D eigenvalue weighted by atomic mass is 16.6. The zero-order valence-corrected chi connectivity index (χ0v) is 15.1. The van der Waals surface area contributed by atoms with Crippen molar-refractivity contribution in [1.82, 2.24) is 10.2 Å². The summed E-state index contributed by atoms with van der Waals surface area (Å²) in [6.07, 6.45) is 1.22. The molecule has 0 bridgehead atoms. The molecular formula is C19H23N3O4. The van der Waals surface area contributed by atoms with Crippen LogP contribution < -0.4 is 10.1 Å². The summed E-state index contributed by atoms with van der Waals surface area (Å²) < 4.78 is 5.22. The van der Waals surface area contributed by atoms with Gasteiger partial charge in [0.05, 0.1) is 4.92 Å². The molecule has 0 aliphatic rings. The Hall–Kier alpha value is -2.93. The van der Waals surface area contributed by atoms with Crippen LogP contribution in [0.3, 0.4) is 0 Å². The summed E-state index contributed by atoms with van der Waals surface area (Å²) in [6.45, 7) is 0. The first-order valence-electron chi connectivity index (χ1n) is 8.30. The minimum atomic E-state index is -0.416. The Kier molecular flexibility index (Phi) is 6.68. The summed E-state index contributed by atoms with van der Waals surface area (Å²) in [6, 6.07) is 14.1. The SMILES string of the molecule is CNC(CCc1ccc([N+](=O)[O-])cc1)c1ccc(OC(=O)N(C)C)cc1. The minimum Gasteiger partial charge on any atom is -0.410 e. The molecule has 0 heterocycles. The third-order valence-corrected chi connectivity index (χ3v) is 4.07. The highest BCUT2D eigenvalue weighted by molar-refractivity contribution is 5.69. The Morgan fingerprint density at radius 3 is 2.27 bits per heavy atom. The summed E-state index contributed by atoms with van der Waals surface area (Å²) in [7, 11) is 5.15. The molecule has 26 heavy (non-hydrogen) atoms. The predicted octanol–water partition coefficient (Wildman–Crippen LogP) is 3.55. The molecule has 2 aromatic carbocycles. The number of amides is 1. The second-order valence-electron chi connectivity index (χ2n) is 6.13. The Bertz CT molecular complexity index is 742. The molecular weight excluding hydrogens is 334 g/mol. The number of nitrogens with one attached hydrogen (secondary N) is 1. The number of ether oxygens (including phenoxy) is 1. The van der Waals surface area contributed by atoms with E-state index in [1.165, 1.54) is 17.0 Å². The van der Waals surface area contributed by atoms with Gasteiger partial charge in [-0.3, -0.25) is 10.1 Å². The van der Waals surface area contributed by atoms with Crippen molar-refractivity contribution in [3.63, 3.8) is 0 Å². The van der Waals surface area contributed by atoms with Crippen LogP contribution in [-0.4, -0.2) is 37.1 Å². The van der Waals surface area contributed by atoms with Crippen LogP contribution >= 0.6 is 0 Å². The van der Waals surface area contributed by atoms with E-state index in [0.717, 1.165) is 24.0 Å². The number of benzene rings is 2. The molecule has 1 atom stereocenters. The fourth-order valence-corrected chi connectivity index (χ4v) is 2.53. The highest BCUT2D eigenvalue weighted by Gasteiger charge is 2.12. The van der Waals surface area contributed by atoms with E-state index >= 15 is 0 Å². The monoisotopic (exact) mass is 357 g/mol. The smallest absolute Gasteiger partial charge is 0.410 e. The van der Waals surface area contributed by atoms with E-state index in [1.807, 2.05) is 19.2 Å². The molecule has 0 saturated heterocycles. The Balaban J connectivity index is 1.97. The molecule has 0 saturated carbocycles. The first-order chi connectivity index (χ1) is 12.4. The molecule has 2 rings (SSSR count). The van der Waals surface area contributed by atoms with Gasteiger partial charge in [0.15, 0.2) is 0 Å². The molecule has 0 aromatic heterocycles. The van der Waals surface area contributed by atoms with Crippen LogP contribution in [0.4, 0.5) is 10.5 Å². The number of nitro benzene ring substituents is 1. The molecule has 2 aromatic rings. The number of hydrogen-bond acceptors (Lipinski definition) is 5. The fraction of sp³-hybridized carbons (Fsp3) is 0.316. The van der Waals surface area contributed by atoms with Crippen LogP contribution in [-0.2, 0) is 6.42 Å². The van der Waals surface area contributed by atoms with Crippen LogP contribution in [0, 0.1) is 10.1 Å². The summed E-state index contributed by atoms with van der Waals surface area (Å²) in [5.41, 5.74) is 2.23. The van der Waals surface area contributed by atoms with Crippen LogP contribution in [0.15, 0.2) is 48.5 Å². The van der Waals surface area contributed by atoms with Gasteiger partial charge in [0, 0.05) is 32.3 Å². The summed E-state index contributed by atoms with van der Waals surface area (Å²) in [4.78, 5) is 23.2. The van der Waals surface area contributed by atoms with Crippen molar-refractivity contribution in [1.29, 1.82) is 0 Å². The Morgan fingerprint density at radius 2 is 1.77 bits per heavy atom. The average Bonchev–Trinajstić information content (AvgIpc) is 2.63. The van der Waals surface area contributed by atoms with Crippen molar-refractivity contribution in [2.24, 2.45) is 0 Å². The van der Waals surface area contributed by atoms with Gasteiger partial charge < -0.3 is 15.0 Å². The highest BCUT2D eigenvalue weighted by Crippen LogP contribution is 2.23. The lowest BCUT2D eigenvalue weighted by Gasteiger charge is -2.17. The Labute approximate surface area is 152 Å². The average molecular weight is 357 g/mol. The van der Waals surface area contributed by atoms with Gasteiger partial charge >= 0.3 is 6.09 Å². The second-order valence-corrected chi connectivity index (χ2v) is 6.13. The number of aryl methyl sites for hydroxylation is 1. The van der Waals surface area contributed by atoms with Gasteiger partial charge in [-0.05, 0) is 43.1 Å². The van der Waals surface area contributed by atoms with Crippen molar-refractivity contribution in [3.05, 3.63) is 69.8 Å². The molecule has 0 aliphatic carbocycles. The molecule has 0 fully saturated rings. The summed E-state index contributed by atoms with van der Waals surface area (Å²) in [5, 5.41) is 14.0. The lowest BCUT2D eigenvalue weighted by Crippen LogP contribution is -2.25. The van der Waals surface area contributed by atoms with Crippen LogP contribution in [0.2, 0.25) is 0 Å². The molecule has 1 unspecified atom stereocenters. The van der Waals surface area contributed by atoms with E-state index in [2.05, 4.69) is 5.32 Å². The number of non-ortho nitro benzene ring substituents is 1. The van der Waals surface area contributed by atoms with E-state index in [0.29, 0.717) is 5.75 Å². The number of carbonyl (C=O) groups is 1. The molecule has 0 spiro atoms. The maximum atomic E-state index is 11.6. The van der Waals surface area contributed by atoms with Crippen molar-refractivity contribution < 1.29 is 14.5 Å². The van der Waals surface area contributed by atoms with Gasteiger partial charge in [-0.1, -0.05) is 24.3 Å². The van der Waals surface area contributed by atoms with E-state index in [-0.39, 0.29) is 11.7 Å². The zero-order valence-electron chi connectivity index (χ0n) is 15.1. The largest absolute Gasteiger partial charge is 0.414 e. The molecule has 0 aliphatic heterocycles. The van der Waals surface area contributed by atoms with Crippen molar-refractivity contribution in [3.8, 4) is 5.75 Å². The van der Waals surface area contributed by atoms with Crippen LogP contribution in [0.5, 0.6) is 5.75 Å². The minimum absolute atomic E-state index is 0.0989. The number of hydrogen-bond donors (Lipinski definition) is 1. The first kappa shape index (κ1) is 19.4. The normalized spacial score (nSPS) is 11.7. The maximum absolute atomic E-state index is 11.6. The van der Waals surface area contributed by atoms with Crippen molar-refractivity contribution in [2.45, 2.75) is 18.9 Å². The maximum Gasteiger partial charge on any atom is 0.414 e. The number of carbonyl (C=O) groups excluding carboxylic acids is 1. The Morgan fingerprint density at radius 1 is 1.15 bits per heavy atom. The molecule has 7 heteroatoms. The lowest BCUT2D eigenvalue weighted by atomic mass is 9.99. The van der Waals surface area contributed by atoms with Gasteiger partial charge in [-0.15, -0.1) is 0 Å². The third kappa shape index (κ3) is 5.29. The molecule has 138 valence electrons. The third-order valence-electron chi connectivity index (χ3n) is 4.07. The standard InChI is InChI=1S/C19H23N3O4/c1-20-18(13-6-14-4-9-16(10-5-14)22(24)25)15-7-11-17(12-8-15)26-19(23)21(2)3/h4-5,7-12,18,20H,6,13H2,1-3H3.